The molecule has 2 unspecified atom stereocenters. The van der Waals surface area contributed by atoms with Gasteiger partial charge in [-0.25, -0.2) is 12.8 Å². The van der Waals surface area contributed by atoms with Crippen LogP contribution in [0.3, 0.4) is 0 Å². The van der Waals surface area contributed by atoms with Crippen molar-refractivity contribution in [2.75, 3.05) is 11.5 Å². The van der Waals surface area contributed by atoms with Gasteiger partial charge in [0.2, 0.25) is 0 Å². The largest absolute Gasteiger partial charge is 0.388 e. The SMILES string of the molecule is O=S1(=O)CCC(C(O)c2cccc(Br)c2F)C1. The Bertz CT molecular complexity index is 530. The van der Waals surface area contributed by atoms with Crippen LogP contribution in [0.1, 0.15) is 18.1 Å². The number of rotatable bonds is 2. The molecule has 1 N–H and O–H groups in total. The Hall–Kier alpha value is -0.460. The minimum Gasteiger partial charge on any atom is -0.388 e. The molecule has 2 atom stereocenters. The van der Waals surface area contributed by atoms with Gasteiger partial charge in [-0.3, -0.25) is 0 Å². The molecule has 17 heavy (non-hydrogen) atoms. The lowest BCUT2D eigenvalue weighted by molar-refractivity contribution is 0.117. The number of halogens is 2. The van der Waals surface area contributed by atoms with E-state index in [1.807, 2.05) is 0 Å². The number of benzene rings is 1. The van der Waals surface area contributed by atoms with Crippen molar-refractivity contribution in [3.05, 3.63) is 34.1 Å². The fourth-order valence-electron chi connectivity index (χ4n) is 2.08. The van der Waals surface area contributed by atoms with E-state index >= 15 is 0 Å². The smallest absolute Gasteiger partial charge is 0.150 e. The molecule has 1 aromatic carbocycles. The lowest BCUT2D eigenvalue weighted by atomic mass is 9.95. The van der Waals surface area contributed by atoms with E-state index in [2.05, 4.69) is 15.9 Å². The molecule has 1 saturated heterocycles. The van der Waals surface area contributed by atoms with Crippen molar-refractivity contribution in [2.45, 2.75) is 12.5 Å². The highest BCUT2D eigenvalue weighted by atomic mass is 79.9. The quantitative estimate of drug-likeness (QED) is 0.906. The van der Waals surface area contributed by atoms with Crippen LogP contribution in [0.5, 0.6) is 0 Å². The number of sulfone groups is 1. The molecule has 1 aliphatic heterocycles. The summed E-state index contributed by atoms with van der Waals surface area (Å²) in [5, 5.41) is 10.0. The molecule has 6 heteroatoms. The first-order valence-electron chi connectivity index (χ1n) is 5.23. The van der Waals surface area contributed by atoms with E-state index < -0.39 is 27.7 Å². The van der Waals surface area contributed by atoms with Crippen LogP contribution in [0.15, 0.2) is 22.7 Å². The van der Waals surface area contributed by atoms with Crippen LogP contribution in [-0.4, -0.2) is 25.0 Å². The van der Waals surface area contributed by atoms with Crippen molar-refractivity contribution in [1.29, 1.82) is 0 Å². The molecule has 1 aliphatic rings. The van der Waals surface area contributed by atoms with Crippen molar-refractivity contribution in [3.8, 4) is 0 Å². The molecule has 0 bridgehead atoms. The minimum atomic E-state index is -3.07. The van der Waals surface area contributed by atoms with Gasteiger partial charge in [0.25, 0.3) is 0 Å². The molecular formula is C11H12BrFO3S. The Balaban J connectivity index is 2.26. The molecule has 0 aliphatic carbocycles. The van der Waals surface area contributed by atoms with Gasteiger partial charge in [-0.05, 0) is 28.4 Å². The van der Waals surface area contributed by atoms with Crippen LogP contribution in [-0.2, 0) is 9.84 Å². The van der Waals surface area contributed by atoms with Gasteiger partial charge in [-0.15, -0.1) is 0 Å². The molecular weight excluding hydrogens is 311 g/mol. The van der Waals surface area contributed by atoms with Crippen LogP contribution < -0.4 is 0 Å². The predicted octanol–water partition coefficient (Wildman–Crippen LogP) is 2.06. The molecule has 0 radical (unpaired) electrons. The monoisotopic (exact) mass is 322 g/mol. The molecule has 1 fully saturated rings. The average Bonchev–Trinajstić information content (AvgIpc) is 2.62. The van der Waals surface area contributed by atoms with Gasteiger partial charge in [-0.2, -0.15) is 0 Å². The maximum Gasteiger partial charge on any atom is 0.150 e. The number of hydrogen-bond acceptors (Lipinski definition) is 3. The third-order valence-electron chi connectivity index (χ3n) is 3.01. The predicted molar refractivity (Wildman–Crippen MR) is 65.8 cm³/mol. The number of aliphatic hydroxyl groups excluding tert-OH is 1. The van der Waals surface area contributed by atoms with E-state index in [9.17, 15) is 17.9 Å². The van der Waals surface area contributed by atoms with Crippen molar-refractivity contribution < 1.29 is 17.9 Å². The highest BCUT2D eigenvalue weighted by molar-refractivity contribution is 9.10. The van der Waals surface area contributed by atoms with E-state index in [0.717, 1.165) is 0 Å². The zero-order chi connectivity index (χ0) is 12.6. The van der Waals surface area contributed by atoms with Crippen LogP contribution in [0.2, 0.25) is 0 Å². The Kier molecular flexibility index (Phi) is 3.56. The molecule has 0 aromatic heterocycles. The van der Waals surface area contributed by atoms with Crippen LogP contribution >= 0.6 is 15.9 Å². The molecule has 1 heterocycles. The van der Waals surface area contributed by atoms with Gasteiger partial charge in [0.1, 0.15) is 5.82 Å². The highest BCUT2D eigenvalue weighted by Crippen LogP contribution is 2.34. The van der Waals surface area contributed by atoms with Crippen molar-refractivity contribution in [1.82, 2.24) is 0 Å². The molecule has 3 nitrogen and oxygen atoms in total. The molecule has 1 aromatic rings. The highest BCUT2D eigenvalue weighted by Gasteiger charge is 2.34. The summed E-state index contributed by atoms with van der Waals surface area (Å²) in [6, 6.07) is 4.64. The zero-order valence-corrected chi connectivity index (χ0v) is 11.3. The Morgan fingerprint density at radius 3 is 2.76 bits per heavy atom. The van der Waals surface area contributed by atoms with Gasteiger partial charge in [-0.1, -0.05) is 12.1 Å². The van der Waals surface area contributed by atoms with Gasteiger partial charge in [0, 0.05) is 11.5 Å². The van der Waals surface area contributed by atoms with Crippen molar-refractivity contribution >= 4 is 25.8 Å². The lowest BCUT2D eigenvalue weighted by Gasteiger charge is -2.17. The summed E-state index contributed by atoms with van der Waals surface area (Å²) in [4.78, 5) is 0. The standard InChI is InChI=1S/C11H12BrFO3S/c12-9-3-1-2-8(10(9)13)11(14)7-4-5-17(15,16)6-7/h1-3,7,11,14H,4-6H2. The van der Waals surface area contributed by atoms with Gasteiger partial charge in [0.05, 0.1) is 22.1 Å². The van der Waals surface area contributed by atoms with Crippen LogP contribution in [0.25, 0.3) is 0 Å². The van der Waals surface area contributed by atoms with Crippen LogP contribution in [0, 0.1) is 11.7 Å². The third-order valence-corrected chi connectivity index (χ3v) is 5.42. The molecule has 2 rings (SSSR count). The fraction of sp³-hybridized carbons (Fsp3) is 0.455. The molecule has 0 amide bonds. The number of hydrogen-bond donors (Lipinski definition) is 1. The Labute approximate surface area is 108 Å². The molecule has 0 saturated carbocycles. The summed E-state index contributed by atoms with van der Waals surface area (Å²) in [7, 11) is -3.07. The lowest BCUT2D eigenvalue weighted by Crippen LogP contribution is -2.15. The first-order chi connectivity index (χ1) is 7.91. The summed E-state index contributed by atoms with van der Waals surface area (Å²) in [5.41, 5.74) is 0.154. The summed E-state index contributed by atoms with van der Waals surface area (Å²) >= 11 is 3.04. The summed E-state index contributed by atoms with van der Waals surface area (Å²) in [5.74, 6) is -0.933. The average molecular weight is 323 g/mol. The van der Waals surface area contributed by atoms with E-state index in [1.165, 1.54) is 12.1 Å². The first-order valence-corrected chi connectivity index (χ1v) is 7.84. The molecule has 94 valence electrons. The van der Waals surface area contributed by atoms with E-state index in [1.54, 1.807) is 6.07 Å². The Morgan fingerprint density at radius 1 is 1.47 bits per heavy atom. The van der Waals surface area contributed by atoms with Crippen LogP contribution in [0.4, 0.5) is 4.39 Å². The fourth-order valence-corrected chi connectivity index (χ4v) is 4.29. The number of aliphatic hydroxyl groups is 1. The summed E-state index contributed by atoms with van der Waals surface area (Å²) in [6.45, 7) is 0. The van der Waals surface area contributed by atoms with Gasteiger partial charge < -0.3 is 5.11 Å². The summed E-state index contributed by atoms with van der Waals surface area (Å²) < 4.78 is 36.6. The normalized spacial score (nSPS) is 24.8. The van der Waals surface area contributed by atoms with E-state index in [-0.39, 0.29) is 21.5 Å². The Morgan fingerprint density at radius 2 is 2.18 bits per heavy atom. The second-order valence-electron chi connectivity index (χ2n) is 4.25. The van der Waals surface area contributed by atoms with Gasteiger partial charge >= 0.3 is 0 Å². The third kappa shape index (κ3) is 2.69. The minimum absolute atomic E-state index is 0.0693. The second kappa shape index (κ2) is 4.66. The maximum atomic E-state index is 13.7. The van der Waals surface area contributed by atoms with Crippen molar-refractivity contribution in [2.24, 2.45) is 5.92 Å². The van der Waals surface area contributed by atoms with E-state index in [0.29, 0.717) is 6.42 Å². The molecule has 0 spiro atoms. The van der Waals surface area contributed by atoms with Gasteiger partial charge in [0.15, 0.2) is 9.84 Å². The second-order valence-corrected chi connectivity index (χ2v) is 7.33. The van der Waals surface area contributed by atoms with Crippen molar-refractivity contribution in [3.63, 3.8) is 0 Å². The first kappa shape index (κ1) is 13.0. The zero-order valence-electron chi connectivity index (χ0n) is 8.94. The topological polar surface area (TPSA) is 54.4 Å². The van der Waals surface area contributed by atoms with E-state index in [4.69, 9.17) is 0 Å². The summed E-state index contributed by atoms with van der Waals surface area (Å²) in [6.07, 6.45) is -0.681. The maximum absolute atomic E-state index is 13.7.